The first-order valence-corrected chi connectivity index (χ1v) is 9.59. The van der Waals surface area contributed by atoms with Gasteiger partial charge < -0.3 is 14.9 Å². The van der Waals surface area contributed by atoms with Crippen LogP contribution in [0.4, 0.5) is 8.78 Å². The molecule has 1 unspecified atom stereocenters. The van der Waals surface area contributed by atoms with Gasteiger partial charge in [-0.3, -0.25) is 14.3 Å². The number of carbonyl (C=O) groups is 2. The molecule has 0 spiro atoms. The second-order valence-corrected chi connectivity index (χ2v) is 7.60. The number of aromatic hydroxyl groups is 1. The third-order valence-corrected chi connectivity index (χ3v) is 5.52. The van der Waals surface area contributed by atoms with E-state index >= 15 is 0 Å². The smallest absolute Gasteiger partial charge is 0.254 e. The van der Waals surface area contributed by atoms with Gasteiger partial charge in [-0.05, 0) is 24.3 Å². The maximum atomic E-state index is 13.4. The average Bonchev–Trinajstić information content (AvgIpc) is 3.16. The highest BCUT2D eigenvalue weighted by Gasteiger charge is 2.37. The number of likely N-dealkylation sites (tertiary alicyclic amines) is 1. The second kappa shape index (κ2) is 7.46. The van der Waals surface area contributed by atoms with E-state index in [1.54, 1.807) is 34.0 Å². The number of hydrogen-bond acceptors (Lipinski definition) is 4. The monoisotopic (exact) mass is 404 g/mol. The lowest BCUT2D eigenvalue weighted by Crippen LogP contribution is -2.46. The molecule has 2 aliphatic heterocycles. The van der Waals surface area contributed by atoms with E-state index in [4.69, 9.17) is 0 Å². The van der Waals surface area contributed by atoms with Gasteiger partial charge in [0.1, 0.15) is 5.75 Å². The van der Waals surface area contributed by atoms with E-state index in [0.717, 1.165) is 5.69 Å². The third kappa shape index (κ3) is 4.08. The lowest BCUT2D eigenvalue weighted by Gasteiger charge is -2.36. The van der Waals surface area contributed by atoms with Crippen molar-refractivity contribution in [3.05, 3.63) is 47.8 Å². The molecule has 0 saturated carbocycles. The zero-order valence-corrected chi connectivity index (χ0v) is 15.8. The number of nitrogens with zero attached hydrogens (tertiary/aromatic N) is 4. The van der Waals surface area contributed by atoms with Crippen LogP contribution >= 0.6 is 0 Å². The zero-order chi connectivity index (χ0) is 20.6. The molecule has 154 valence electrons. The van der Waals surface area contributed by atoms with Crippen LogP contribution in [0.3, 0.4) is 0 Å². The Balaban J connectivity index is 1.48. The van der Waals surface area contributed by atoms with Gasteiger partial charge in [0, 0.05) is 44.2 Å². The standard InChI is InChI=1S/C20H22F2N4O3/c21-20(22)5-8-24(9-6-20)18(28)11-16-13-25(12-15-4-7-23-26(15)16)19(29)14-2-1-3-17(27)10-14/h1-4,7,10,16,27H,5-6,8-9,11-13H2. The SMILES string of the molecule is O=C(CC1CN(C(=O)c2cccc(O)c2)Cc2ccnn21)N1CCC(F)(F)CC1. The number of rotatable bonds is 3. The Morgan fingerprint density at radius 1 is 1.17 bits per heavy atom. The summed E-state index contributed by atoms with van der Waals surface area (Å²) in [4.78, 5) is 28.7. The van der Waals surface area contributed by atoms with Crippen LogP contribution in [0.15, 0.2) is 36.5 Å². The molecule has 7 nitrogen and oxygen atoms in total. The summed E-state index contributed by atoms with van der Waals surface area (Å²) in [6.07, 6.45) is 1.07. The van der Waals surface area contributed by atoms with E-state index in [1.807, 2.05) is 0 Å². The zero-order valence-electron chi connectivity index (χ0n) is 15.8. The van der Waals surface area contributed by atoms with Crippen LogP contribution in [0.5, 0.6) is 5.75 Å². The number of phenols is 1. The van der Waals surface area contributed by atoms with Crippen LogP contribution in [0.25, 0.3) is 0 Å². The third-order valence-electron chi connectivity index (χ3n) is 5.52. The van der Waals surface area contributed by atoms with Gasteiger partial charge in [0.15, 0.2) is 0 Å². The molecular formula is C20H22F2N4O3. The van der Waals surface area contributed by atoms with Crippen LogP contribution in [0.1, 0.15) is 41.4 Å². The largest absolute Gasteiger partial charge is 0.508 e. The van der Waals surface area contributed by atoms with Gasteiger partial charge >= 0.3 is 0 Å². The average molecular weight is 404 g/mol. The van der Waals surface area contributed by atoms with E-state index in [1.165, 1.54) is 17.0 Å². The van der Waals surface area contributed by atoms with E-state index < -0.39 is 5.92 Å². The van der Waals surface area contributed by atoms with E-state index in [-0.39, 0.29) is 62.5 Å². The van der Waals surface area contributed by atoms with Crippen LogP contribution in [-0.4, -0.2) is 62.1 Å². The lowest BCUT2D eigenvalue weighted by atomic mass is 10.0. The summed E-state index contributed by atoms with van der Waals surface area (Å²) in [6.45, 7) is 0.695. The lowest BCUT2D eigenvalue weighted by molar-refractivity contribution is -0.138. The van der Waals surface area contributed by atoms with Crippen molar-refractivity contribution in [3.8, 4) is 5.75 Å². The number of carbonyl (C=O) groups excluding carboxylic acids is 2. The van der Waals surface area contributed by atoms with E-state index in [2.05, 4.69) is 5.10 Å². The Morgan fingerprint density at radius 2 is 1.93 bits per heavy atom. The normalized spacial score (nSPS) is 21.0. The molecule has 29 heavy (non-hydrogen) atoms. The van der Waals surface area contributed by atoms with Crippen molar-refractivity contribution in [1.29, 1.82) is 0 Å². The topological polar surface area (TPSA) is 78.7 Å². The molecule has 1 N–H and O–H groups in total. The molecular weight excluding hydrogens is 382 g/mol. The molecule has 2 amide bonds. The summed E-state index contributed by atoms with van der Waals surface area (Å²) >= 11 is 0. The van der Waals surface area contributed by atoms with Gasteiger partial charge in [0.05, 0.1) is 24.7 Å². The number of fused-ring (bicyclic) bond motifs is 1. The van der Waals surface area contributed by atoms with Gasteiger partial charge in [-0.2, -0.15) is 5.10 Å². The predicted molar refractivity (Wildman–Crippen MR) is 99.5 cm³/mol. The van der Waals surface area contributed by atoms with E-state index in [0.29, 0.717) is 12.1 Å². The molecule has 2 aliphatic rings. The fourth-order valence-corrected chi connectivity index (χ4v) is 3.93. The number of halogens is 2. The first kappa shape index (κ1) is 19.4. The van der Waals surface area contributed by atoms with Crippen molar-refractivity contribution in [2.24, 2.45) is 0 Å². The van der Waals surface area contributed by atoms with Crippen LogP contribution < -0.4 is 0 Å². The van der Waals surface area contributed by atoms with Crippen LogP contribution in [0.2, 0.25) is 0 Å². The highest BCUT2D eigenvalue weighted by molar-refractivity contribution is 5.94. The molecule has 1 atom stereocenters. The summed E-state index contributed by atoms with van der Waals surface area (Å²) in [5.74, 6) is -3.16. The quantitative estimate of drug-likeness (QED) is 0.852. The molecule has 1 aromatic carbocycles. The van der Waals surface area contributed by atoms with E-state index in [9.17, 15) is 23.5 Å². The summed E-state index contributed by atoms with van der Waals surface area (Å²) in [5, 5.41) is 13.9. The van der Waals surface area contributed by atoms with Gasteiger partial charge in [0.25, 0.3) is 11.8 Å². The second-order valence-electron chi connectivity index (χ2n) is 7.60. The molecule has 0 aliphatic carbocycles. The van der Waals surface area contributed by atoms with Crippen molar-refractivity contribution >= 4 is 11.8 Å². The Bertz CT molecular complexity index is 920. The molecule has 9 heteroatoms. The van der Waals surface area contributed by atoms with Crippen LogP contribution in [0, 0.1) is 0 Å². The Morgan fingerprint density at radius 3 is 2.66 bits per heavy atom. The summed E-state index contributed by atoms with van der Waals surface area (Å²) in [7, 11) is 0. The van der Waals surface area contributed by atoms with Crippen molar-refractivity contribution in [2.45, 2.75) is 37.8 Å². The van der Waals surface area contributed by atoms with Crippen molar-refractivity contribution < 1.29 is 23.5 Å². The maximum Gasteiger partial charge on any atom is 0.254 e. The number of benzene rings is 1. The summed E-state index contributed by atoms with van der Waals surface area (Å²) < 4.78 is 28.5. The maximum absolute atomic E-state index is 13.4. The number of amides is 2. The predicted octanol–water partition coefficient (Wildman–Crippen LogP) is 2.43. The summed E-state index contributed by atoms with van der Waals surface area (Å²) in [6, 6.07) is 7.55. The molecule has 1 saturated heterocycles. The molecule has 0 radical (unpaired) electrons. The number of aromatic nitrogens is 2. The Kier molecular flexibility index (Phi) is 4.97. The van der Waals surface area contributed by atoms with Gasteiger partial charge in [0.2, 0.25) is 5.91 Å². The van der Waals surface area contributed by atoms with Crippen molar-refractivity contribution in [1.82, 2.24) is 19.6 Å². The molecule has 4 rings (SSSR count). The fourth-order valence-electron chi connectivity index (χ4n) is 3.93. The fraction of sp³-hybridized carbons (Fsp3) is 0.450. The minimum absolute atomic E-state index is 0.00605. The molecule has 2 aromatic rings. The van der Waals surface area contributed by atoms with Crippen molar-refractivity contribution in [3.63, 3.8) is 0 Å². The molecule has 1 aromatic heterocycles. The number of hydrogen-bond donors (Lipinski definition) is 1. The summed E-state index contributed by atoms with van der Waals surface area (Å²) in [5.41, 5.74) is 1.16. The first-order chi connectivity index (χ1) is 13.8. The van der Waals surface area contributed by atoms with Gasteiger partial charge in [-0.25, -0.2) is 8.78 Å². The number of alkyl halides is 2. The van der Waals surface area contributed by atoms with Gasteiger partial charge in [-0.15, -0.1) is 0 Å². The van der Waals surface area contributed by atoms with Crippen molar-refractivity contribution in [2.75, 3.05) is 19.6 Å². The highest BCUT2D eigenvalue weighted by atomic mass is 19.3. The molecule has 3 heterocycles. The molecule has 0 bridgehead atoms. The number of piperidine rings is 1. The Labute approximate surface area is 166 Å². The number of phenolic OH excluding ortho intramolecular Hbond substituents is 1. The Hall–Kier alpha value is -2.97. The first-order valence-electron chi connectivity index (χ1n) is 9.59. The highest BCUT2D eigenvalue weighted by Crippen LogP contribution is 2.30. The van der Waals surface area contributed by atoms with Crippen LogP contribution in [-0.2, 0) is 11.3 Å². The minimum atomic E-state index is -2.71. The van der Waals surface area contributed by atoms with Gasteiger partial charge in [-0.1, -0.05) is 6.07 Å². The molecule has 1 fully saturated rings. The minimum Gasteiger partial charge on any atom is -0.508 e.